The van der Waals surface area contributed by atoms with Crippen molar-refractivity contribution < 1.29 is 19.8 Å². The number of β-amino-alcohol motifs (C(OH)–C–C–N with tert-alkyl or cyclic N) is 1. The van der Waals surface area contributed by atoms with Crippen molar-refractivity contribution in [2.45, 2.75) is 5.60 Å². The molecule has 1 fully saturated rings. The van der Waals surface area contributed by atoms with Gasteiger partial charge in [-0.3, -0.25) is 4.79 Å². The molecule has 2 amide bonds. The van der Waals surface area contributed by atoms with Crippen LogP contribution in [0.4, 0.5) is 4.79 Å². The molecule has 0 aromatic heterocycles. The fourth-order valence-electron chi connectivity index (χ4n) is 1.19. The zero-order valence-corrected chi connectivity index (χ0v) is 7.56. The van der Waals surface area contributed by atoms with Crippen molar-refractivity contribution in [3.05, 3.63) is 12.7 Å². The van der Waals surface area contributed by atoms with Gasteiger partial charge in [0.15, 0.2) is 5.60 Å². The van der Waals surface area contributed by atoms with E-state index in [-0.39, 0.29) is 19.6 Å². The Hall–Kier alpha value is -1.56. The molecule has 0 aliphatic carbocycles. The predicted molar refractivity (Wildman–Crippen MR) is 47.8 cm³/mol. The molecule has 0 unspecified atom stereocenters. The van der Waals surface area contributed by atoms with Crippen molar-refractivity contribution >= 4 is 12.0 Å². The first-order chi connectivity index (χ1) is 6.49. The summed E-state index contributed by atoms with van der Waals surface area (Å²) in [5.74, 6) is -0.560. The molecule has 0 radical (unpaired) electrons. The summed E-state index contributed by atoms with van der Waals surface area (Å²) in [5, 5.41) is 20.5. The van der Waals surface area contributed by atoms with Crippen molar-refractivity contribution in [3.63, 3.8) is 0 Å². The Labute approximate surface area is 80.8 Å². The highest BCUT2D eigenvalue weighted by Gasteiger charge is 2.49. The van der Waals surface area contributed by atoms with Crippen LogP contribution in [-0.2, 0) is 4.79 Å². The molecular formula is C8H12N2O4. The molecule has 0 bridgehead atoms. The van der Waals surface area contributed by atoms with Crippen LogP contribution in [0.5, 0.6) is 0 Å². The molecule has 6 heteroatoms. The molecule has 1 aliphatic rings. The molecule has 1 aliphatic heterocycles. The van der Waals surface area contributed by atoms with Crippen LogP contribution in [0, 0.1) is 0 Å². The van der Waals surface area contributed by atoms with Crippen LogP contribution in [-0.4, -0.2) is 52.3 Å². The van der Waals surface area contributed by atoms with E-state index in [1.165, 1.54) is 6.08 Å². The lowest BCUT2D eigenvalue weighted by Crippen LogP contribution is -2.69. The maximum absolute atomic E-state index is 11.2. The van der Waals surface area contributed by atoms with Crippen molar-refractivity contribution in [1.29, 1.82) is 0 Å². The third-order valence-electron chi connectivity index (χ3n) is 2.00. The molecule has 0 atom stereocenters. The average molecular weight is 200 g/mol. The Bertz CT molecular complexity index is 271. The highest BCUT2D eigenvalue weighted by Crippen LogP contribution is 2.20. The highest BCUT2D eigenvalue weighted by atomic mass is 16.4. The van der Waals surface area contributed by atoms with Crippen molar-refractivity contribution in [3.8, 4) is 0 Å². The number of carbonyl (C=O) groups is 2. The number of hydrogen-bond donors (Lipinski definition) is 3. The number of nitrogens with zero attached hydrogens (tertiary/aromatic N) is 1. The first kappa shape index (κ1) is 10.5. The van der Waals surface area contributed by atoms with Gasteiger partial charge in [0.25, 0.3) is 5.91 Å². The van der Waals surface area contributed by atoms with Crippen LogP contribution in [0.2, 0.25) is 0 Å². The summed E-state index contributed by atoms with van der Waals surface area (Å²) >= 11 is 0. The third kappa shape index (κ3) is 1.85. The van der Waals surface area contributed by atoms with E-state index in [0.29, 0.717) is 0 Å². The molecular weight excluding hydrogens is 188 g/mol. The van der Waals surface area contributed by atoms with Gasteiger partial charge in [-0.2, -0.15) is 0 Å². The lowest BCUT2D eigenvalue weighted by molar-refractivity contribution is -0.155. The SMILES string of the molecule is C=CCNC(=O)C1(O)CN(C(=O)O)C1. The highest BCUT2D eigenvalue weighted by molar-refractivity contribution is 5.88. The monoisotopic (exact) mass is 200 g/mol. The molecule has 1 rings (SSSR count). The van der Waals surface area contributed by atoms with Gasteiger partial charge in [-0.05, 0) is 0 Å². The van der Waals surface area contributed by atoms with Gasteiger partial charge in [-0.15, -0.1) is 6.58 Å². The maximum Gasteiger partial charge on any atom is 0.407 e. The summed E-state index contributed by atoms with van der Waals surface area (Å²) in [5.41, 5.74) is -1.57. The molecule has 0 aromatic rings. The minimum absolute atomic E-state index is 0.175. The number of likely N-dealkylation sites (tertiary alicyclic amines) is 1. The molecule has 78 valence electrons. The smallest absolute Gasteiger partial charge is 0.407 e. The van der Waals surface area contributed by atoms with Crippen LogP contribution in [0.1, 0.15) is 0 Å². The van der Waals surface area contributed by atoms with Crippen LogP contribution < -0.4 is 5.32 Å². The van der Waals surface area contributed by atoms with Gasteiger partial charge in [-0.1, -0.05) is 6.08 Å². The summed E-state index contributed by atoms with van der Waals surface area (Å²) in [4.78, 5) is 22.6. The van der Waals surface area contributed by atoms with E-state index in [4.69, 9.17) is 5.11 Å². The Balaban J connectivity index is 2.43. The Kier molecular flexibility index (Phi) is 2.76. The van der Waals surface area contributed by atoms with Crippen molar-refractivity contribution in [1.82, 2.24) is 10.2 Å². The van der Waals surface area contributed by atoms with E-state index in [1.807, 2.05) is 0 Å². The normalized spacial score (nSPS) is 18.2. The first-order valence-corrected chi connectivity index (χ1v) is 4.09. The molecule has 3 N–H and O–H groups in total. The number of nitrogens with one attached hydrogen (secondary N) is 1. The summed E-state index contributed by atoms with van der Waals surface area (Å²) in [6.45, 7) is 3.31. The summed E-state index contributed by atoms with van der Waals surface area (Å²) < 4.78 is 0. The van der Waals surface area contributed by atoms with Gasteiger partial charge in [0.1, 0.15) is 0 Å². The zero-order chi connectivity index (χ0) is 10.8. The quantitative estimate of drug-likeness (QED) is 0.510. The summed E-state index contributed by atoms with van der Waals surface area (Å²) in [7, 11) is 0. The number of rotatable bonds is 3. The van der Waals surface area contributed by atoms with Crippen LogP contribution in [0.3, 0.4) is 0 Å². The van der Waals surface area contributed by atoms with Gasteiger partial charge in [-0.25, -0.2) is 4.79 Å². The number of amides is 2. The van der Waals surface area contributed by atoms with Crippen LogP contribution >= 0.6 is 0 Å². The Morgan fingerprint density at radius 1 is 1.57 bits per heavy atom. The van der Waals surface area contributed by atoms with Gasteiger partial charge >= 0.3 is 6.09 Å². The minimum Gasteiger partial charge on any atom is -0.465 e. The van der Waals surface area contributed by atoms with Crippen molar-refractivity contribution in [2.75, 3.05) is 19.6 Å². The molecule has 1 saturated heterocycles. The fourth-order valence-corrected chi connectivity index (χ4v) is 1.19. The molecule has 6 nitrogen and oxygen atoms in total. The standard InChI is InChI=1S/C8H12N2O4/c1-2-3-9-6(11)8(14)4-10(5-8)7(12)13/h2,14H,1,3-5H2,(H,9,11)(H,12,13). The zero-order valence-electron chi connectivity index (χ0n) is 7.56. The van der Waals surface area contributed by atoms with E-state index < -0.39 is 17.6 Å². The van der Waals surface area contributed by atoms with Gasteiger partial charge in [0, 0.05) is 6.54 Å². The van der Waals surface area contributed by atoms with Crippen LogP contribution in [0.15, 0.2) is 12.7 Å². The second-order valence-electron chi connectivity index (χ2n) is 3.17. The van der Waals surface area contributed by atoms with E-state index in [0.717, 1.165) is 4.90 Å². The molecule has 0 aromatic carbocycles. The molecule has 1 heterocycles. The Morgan fingerprint density at radius 2 is 2.14 bits per heavy atom. The number of carbonyl (C=O) groups excluding carboxylic acids is 1. The summed E-state index contributed by atoms with van der Waals surface area (Å²) in [6.07, 6.45) is 0.348. The maximum atomic E-state index is 11.2. The number of aliphatic hydroxyl groups is 1. The van der Waals surface area contributed by atoms with Gasteiger partial charge in [0.05, 0.1) is 13.1 Å². The second kappa shape index (κ2) is 3.67. The Morgan fingerprint density at radius 3 is 2.57 bits per heavy atom. The molecule has 14 heavy (non-hydrogen) atoms. The van der Waals surface area contributed by atoms with E-state index in [9.17, 15) is 14.7 Å². The number of hydrogen-bond acceptors (Lipinski definition) is 3. The summed E-state index contributed by atoms with van der Waals surface area (Å²) in [6, 6.07) is 0. The number of carboxylic acid groups (broad SMARTS) is 1. The van der Waals surface area contributed by atoms with E-state index in [1.54, 1.807) is 0 Å². The van der Waals surface area contributed by atoms with E-state index in [2.05, 4.69) is 11.9 Å². The largest absolute Gasteiger partial charge is 0.465 e. The first-order valence-electron chi connectivity index (χ1n) is 4.09. The topological polar surface area (TPSA) is 89.9 Å². The van der Waals surface area contributed by atoms with Gasteiger partial charge in [0.2, 0.25) is 0 Å². The lowest BCUT2D eigenvalue weighted by atomic mass is 9.94. The average Bonchev–Trinajstić information content (AvgIpc) is 2.08. The minimum atomic E-state index is -1.57. The second-order valence-corrected chi connectivity index (χ2v) is 3.17. The fraction of sp³-hybridized carbons (Fsp3) is 0.500. The van der Waals surface area contributed by atoms with Gasteiger partial charge < -0.3 is 20.4 Å². The van der Waals surface area contributed by atoms with Crippen LogP contribution in [0.25, 0.3) is 0 Å². The third-order valence-corrected chi connectivity index (χ3v) is 2.00. The predicted octanol–water partition coefficient (Wildman–Crippen LogP) is -0.987. The lowest BCUT2D eigenvalue weighted by Gasteiger charge is -2.43. The van der Waals surface area contributed by atoms with E-state index >= 15 is 0 Å². The molecule has 0 saturated carbocycles. The van der Waals surface area contributed by atoms with Crippen molar-refractivity contribution in [2.24, 2.45) is 0 Å². The molecule has 0 spiro atoms.